The van der Waals surface area contributed by atoms with Gasteiger partial charge in [-0.1, -0.05) is 0 Å². The molecule has 5 nitrogen and oxygen atoms in total. The van der Waals surface area contributed by atoms with Crippen molar-refractivity contribution in [3.05, 3.63) is 59.9 Å². The summed E-state index contributed by atoms with van der Waals surface area (Å²) in [6, 6.07) is 6.81. The summed E-state index contributed by atoms with van der Waals surface area (Å²) in [7, 11) is 0. The van der Waals surface area contributed by atoms with Gasteiger partial charge in [-0.2, -0.15) is 0 Å². The number of carbonyl (C=O) groups is 2. The molecular weight excluding hydrogens is 340 g/mol. The fourth-order valence-electron chi connectivity index (χ4n) is 3.84. The number of likely N-dealkylation sites (tertiary alicyclic amines) is 1. The summed E-state index contributed by atoms with van der Waals surface area (Å²) in [5.74, 6) is -2.13. The summed E-state index contributed by atoms with van der Waals surface area (Å²) in [6.07, 6.45) is 4.15. The van der Waals surface area contributed by atoms with Gasteiger partial charge in [0, 0.05) is 61.2 Å². The molecule has 1 atom stereocenters. The first-order chi connectivity index (χ1) is 12.5. The SMILES string of the molecule is O=C(c1ccncc1)N1CCC2(CC(=O)N(c3ccc(F)c(F)c3)C2)C1. The van der Waals surface area contributed by atoms with Gasteiger partial charge in [-0.05, 0) is 30.7 Å². The Morgan fingerprint density at radius 2 is 1.85 bits per heavy atom. The predicted molar refractivity (Wildman–Crippen MR) is 90.5 cm³/mol. The predicted octanol–water partition coefficient (Wildman–Crippen LogP) is 2.63. The molecule has 0 aliphatic carbocycles. The first-order valence-corrected chi connectivity index (χ1v) is 8.42. The zero-order chi connectivity index (χ0) is 18.3. The second kappa shape index (κ2) is 6.16. The molecule has 2 aromatic rings. The lowest BCUT2D eigenvalue weighted by Crippen LogP contribution is -2.34. The van der Waals surface area contributed by atoms with E-state index >= 15 is 0 Å². The molecule has 1 spiro atoms. The lowest BCUT2D eigenvalue weighted by Gasteiger charge is -2.24. The fraction of sp³-hybridized carbons (Fsp3) is 0.316. The highest BCUT2D eigenvalue weighted by Gasteiger charge is 2.48. The van der Waals surface area contributed by atoms with E-state index < -0.39 is 11.6 Å². The Labute approximate surface area is 149 Å². The highest BCUT2D eigenvalue weighted by molar-refractivity contribution is 5.97. The van der Waals surface area contributed by atoms with Crippen LogP contribution in [0.25, 0.3) is 0 Å². The van der Waals surface area contributed by atoms with Crippen molar-refractivity contribution in [1.29, 1.82) is 0 Å². The van der Waals surface area contributed by atoms with Gasteiger partial charge in [0.2, 0.25) is 5.91 Å². The lowest BCUT2D eigenvalue weighted by atomic mass is 9.86. The molecule has 2 saturated heterocycles. The van der Waals surface area contributed by atoms with E-state index in [9.17, 15) is 18.4 Å². The number of amides is 2. The van der Waals surface area contributed by atoms with E-state index in [0.717, 1.165) is 12.1 Å². The van der Waals surface area contributed by atoms with Gasteiger partial charge in [0.25, 0.3) is 5.91 Å². The Morgan fingerprint density at radius 1 is 1.08 bits per heavy atom. The van der Waals surface area contributed by atoms with Gasteiger partial charge < -0.3 is 9.80 Å². The maximum Gasteiger partial charge on any atom is 0.253 e. The molecule has 1 unspecified atom stereocenters. The molecular formula is C19H17F2N3O2. The van der Waals surface area contributed by atoms with Gasteiger partial charge in [0.05, 0.1) is 0 Å². The number of hydrogen-bond donors (Lipinski definition) is 0. The van der Waals surface area contributed by atoms with E-state index in [2.05, 4.69) is 4.98 Å². The van der Waals surface area contributed by atoms with E-state index in [1.807, 2.05) is 0 Å². The Bertz CT molecular complexity index is 874. The Balaban J connectivity index is 1.51. The molecule has 26 heavy (non-hydrogen) atoms. The summed E-state index contributed by atoms with van der Waals surface area (Å²) in [5.41, 5.74) is 0.577. The average molecular weight is 357 g/mol. The van der Waals surface area contributed by atoms with Gasteiger partial charge in [-0.25, -0.2) is 8.78 Å². The summed E-state index contributed by atoms with van der Waals surface area (Å²) >= 11 is 0. The first-order valence-electron chi connectivity index (χ1n) is 8.42. The van der Waals surface area contributed by atoms with Gasteiger partial charge in [-0.15, -0.1) is 0 Å². The maximum absolute atomic E-state index is 13.5. The number of nitrogens with zero attached hydrogens (tertiary/aromatic N) is 3. The Morgan fingerprint density at radius 3 is 2.58 bits per heavy atom. The number of aromatic nitrogens is 1. The van der Waals surface area contributed by atoms with Crippen molar-refractivity contribution in [3.8, 4) is 0 Å². The van der Waals surface area contributed by atoms with E-state index in [0.29, 0.717) is 43.7 Å². The zero-order valence-corrected chi connectivity index (χ0v) is 14.0. The molecule has 2 aliphatic rings. The van der Waals surface area contributed by atoms with Crippen molar-refractivity contribution >= 4 is 17.5 Å². The zero-order valence-electron chi connectivity index (χ0n) is 14.0. The fourth-order valence-corrected chi connectivity index (χ4v) is 3.84. The topological polar surface area (TPSA) is 53.5 Å². The number of carbonyl (C=O) groups excluding carboxylic acids is 2. The van der Waals surface area contributed by atoms with Crippen LogP contribution in [0, 0.1) is 17.0 Å². The van der Waals surface area contributed by atoms with Crippen LogP contribution in [0.2, 0.25) is 0 Å². The van der Waals surface area contributed by atoms with Crippen molar-refractivity contribution < 1.29 is 18.4 Å². The van der Waals surface area contributed by atoms with Crippen LogP contribution in [-0.4, -0.2) is 41.3 Å². The normalized spacial score (nSPS) is 22.5. The number of anilines is 1. The van der Waals surface area contributed by atoms with Crippen LogP contribution in [0.5, 0.6) is 0 Å². The molecule has 0 N–H and O–H groups in total. The molecule has 2 aliphatic heterocycles. The third-order valence-corrected chi connectivity index (χ3v) is 5.19. The molecule has 2 fully saturated rings. The minimum Gasteiger partial charge on any atom is -0.338 e. The van der Waals surface area contributed by atoms with Crippen molar-refractivity contribution in [2.75, 3.05) is 24.5 Å². The van der Waals surface area contributed by atoms with Gasteiger partial charge in [-0.3, -0.25) is 14.6 Å². The largest absolute Gasteiger partial charge is 0.338 e. The number of pyridine rings is 1. The van der Waals surface area contributed by atoms with Crippen molar-refractivity contribution in [1.82, 2.24) is 9.88 Å². The smallest absolute Gasteiger partial charge is 0.253 e. The van der Waals surface area contributed by atoms with Crippen LogP contribution >= 0.6 is 0 Å². The molecule has 3 heterocycles. The molecule has 1 aromatic heterocycles. The third kappa shape index (κ3) is 2.83. The number of rotatable bonds is 2. The van der Waals surface area contributed by atoms with E-state index in [1.165, 1.54) is 11.0 Å². The molecule has 1 aromatic carbocycles. The van der Waals surface area contributed by atoms with E-state index in [4.69, 9.17) is 0 Å². The standard InChI is InChI=1S/C19H17F2N3O2/c20-15-2-1-14(9-16(15)21)24-12-19(10-17(24)25)5-8-23(11-19)18(26)13-3-6-22-7-4-13/h1-4,6-7,9H,5,8,10-12H2. The monoisotopic (exact) mass is 357 g/mol. The highest BCUT2D eigenvalue weighted by atomic mass is 19.2. The second-order valence-electron chi connectivity index (χ2n) is 6.97. The molecule has 2 amide bonds. The van der Waals surface area contributed by atoms with Crippen LogP contribution in [0.15, 0.2) is 42.7 Å². The van der Waals surface area contributed by atoms with Gasteiger partial charge in [0.1, 0.15) is 0 Å². The Hall–Kier alpha value is -2.83. The average Bonchev–Trinajstić information content (AvgIpc) is 3.20. The third-order valence-electron chi connectivity index (χ3n) is 5.19. The molecule has 134 valence electrons. The van der Waals surface area contributed by atoms with Gasteiger partial charge >= 0.3 is 0 Å². The van der Waals surface area contributed by atoms with E-state index in [1.54, 1.807) is 29.4 Å². The highest BCUT2D eigenvalue weighted by Crippen LogP contribution is 2.42. The minimum atomic E-state index is -0.975. The van der Waals surface area contributed by atoms with Crippen molar-refractivity contribution in [2.45, 2.75) is 12.8 Å². The van der Waals surface area contributed by atoms with Crippen LogP contribution < -0.4 is 4.90 Å². The maximum atomic E-state index is 13.5. The quantitative estimate of drug-likeness (QED) is 0.830. The van der Waals surface area contributed by atoms with Crippen LogP contribution in [-0.2, 0) is 4.79 Å². The molecule has 0 radical (unpaired) electrons. The number of hydrogen-bond acceptors (Lipinski definition) is 3. The number of benzene rings is 1. The molecule has 7 heteroatoms. The van der Waals surface area contributed by atoms with E-state index in [-0.39, 0.29) is 17.2 Å². The van der Waals surface area contributed by atoms with Crippen molar-refractivity contribution in [2.24, 2.45) is 5.41 Å². The summed E-state index contributed by atoms with van der Waals surface area (Å²) < 4.78 is 26.7. The summed E-state index contributed by atoms with van der Waals surface area (Å²) in [6.45, 7) is 1.44. The number of halogens is 2. The Kier molecular flexibility index (Phi) is 3.94. The molecule has 0 saturated carbocycles. The molecule has 4 rings (SSSR count). The lowest BCUT2D eigenvalue weighted by molar-refractivity contribution is -0.117. The summed E-state index contributed by atoms with van der Waals surface area (Å²) in [4.78, 5) is 32.2. The van der Waals surface area contributed by atoms with Crippen LogP contribution in [0.3, 0.4) is 0 Å². The minimum absolute atomic E-state index is 0.0806. The summed E-state index contributed by atoms with van der Waals surface area (Å²) in [5, 5.41) is 0. The van der Waals surface area contributed by atoms with Crippen molar-refractivity contribution in [3.63, 3.8) is 0 Å². The first kappa shape index (κ1) is 16.6. The van der Waals surface area contributed by atoms with Crippen LogP contribution in [0.1, 0.15) is 23.2 Å². The molecule has 0 bridgehead atoms. The van der Waals surface area contributed by atoms with Gasteiger partial charge in [0.15, 0.2) is 11.6 Å². The second-order valence-corrected chi connectivity index (χ2v) is 6.97. The van der Waals surface area contributed by atoms with Crippen LogP contribution in [0.4, 0.5) is 14.5 Å².